The Labute approximate surface area is 121 Å². The van der Waals surface area contributed by atoms with E-state index in [1.165, 1.54) is 0 Å². The van der Waals surface area contributed by atoms with Gasteiger partial charge >= 0.3 is 5.97 Å². The lowest BCUT2D eigenvalue weighted by atomic mass is 9.84. The zero-order valence-electron chi connectivity index (χ0n) is 11.6. The first-order valence-electron chi connectivity index (χ1n) is 6.58. The van der Waals surface area contributed by atoms with Crippen molar-refractivity contribution in [2.24, 2.45) is 11.1 Å². The van der Waals surface area contributed by atoms with E-state index < -0.39 is 11.4 Å². The normalized spacial score (nSPS) is 25.6. The molecule has 1 amide bonds. The highest BCUT2D eigenvalue weighted by Crippen LogP contribution is 2.36. The van der Waals surface area contributed by atoms with Gasteiger partial charge in [0.15, 0.2) is 0 Å². The third kappa shape index (κ3) is 2.69. The second-order valence-corrected chi connectivity index (χ2v) is 6.51. The van der Waals surface area contributed by atoms with Crippen molar-refractivity contribution in [3.63, 3.8) is 0 Å². The molecule has 2 rings (SSSR count). The maximum Gasteiger partial charge on any atom is 0.347 e. The first kappa shape index (κ1) is 14.9. The molecule has 0 aliphatic heterocycles. The lowest BCUT2D eigenvalue weighted by Crippen LogP contribution is -2.47. The Morgan fingerprint density at radius 1 is 1.60 bits per heavy atom. The van der Waals surface area contributed by atoms with Gasteiger partial charge in [-0.1, -0.05) is 6.42 Å². The highest BCUT2D eigenvalue weighted by molar-refractivity contribution is 7.13. The molecule has 0 spiro atoms. The SMILES string of the molecule is Cc1nc(CNC(=O)C2(C)CCCC2N)sc1C(=O)O. The van der Waals surface area contributed by atoms with Gasteiger partial charge in [0.05, 0.1) is 17.7 Å². The van der Waals surface area contributed by atoms with E-state index in [9.17, 15) is 9.59 Å². The van der Waals surface area contributed by atoms with Crippen LogP contribution in [0.5, 0.6) is 0 Å². The number of rotatable bonds is 4. The molecule has 110 valence electrons. The Kier molecular flexibility index (Phi) is 4.10. The second-order valence-electron chi connectivity index (χ2n) is 5.43. The van der Waals surface area contributed by atoms with Crippen molar-refractivity contribution in [1.29, 1.82) is 0 Å². The Bertz CT molecular complexity index is 543. The van der Waals surface area contributed by atoms with Crippen LogP contribution in [-0.2, 0) is 11.3 Å². The quantitative estimate of drug-likeness (QED) is 0.776. The molecule has 1 heterocycles. The summed E-state index contributed by atoms with van der Waals surface area (Å²) in [5, 5.41) is 12.4. The molecule has 2 atom stereocenters. The molecule has 1 aliphatic rings. The van der Waals surface area contributed by atoms with Gasteiger partial charge in [0.2, 0.25) is 5.91 Å². The Morgan fingerprint density at radius 3 is 2.80 bits per heavy atom. The van der Waals surface area contributed by atoms with Crippen LogP contribution in [0.3, 0.4) is 0 Å². The Balaban J connectivity index is 2.00. The summed E-state index contributed by atoms with van der Waals surface area (Å²) in [6, 6.07) is -0.116. The summed E-state index contributed by atoms with van der Waals surface area (Å²) in [6.45, 7) is 3.79. The number of carboxylic acid groups (broad SMARTS) is 1. The molecule has 2 unspecified atom stereocenters. The predicted octanol–water partition coefficient (Wildman–Crippen LogP) is 1.28. The summed E-state index contributed by atoms with van der Waals surface area (Å²) in [4.78, 5) is 27.6. The van der Waals surface area contributed by atoms with Crippen molar-refractivity contribution in [1.82, 2.24) is 10.3 Å². The van der Waals surface area contributed by atoms with Gasteiger partial charge in [-0.2, -0.15) is 0 Å². The fourth-order valence-electron chi connectivity index (χ4n) is 2.56. The monoisotopic (exact) mass is 297 g/mol. The van der Waals surface area contributed by atoms with Crippen molar-refractivity contribution in [2.45, 2.75) is 45.7 Å². The number of nitrogens with two attached hydrogens (primary N) is 1. The maximum atomic E-state index is 12.2. The number of hydrogen-bond acceptors (Lipinski definition) is 5. The fourth-order valence-corrected chi connectivity index (χ4v) is 3.40. The Morgan fingerprint density at radius 2 is 2.30 bits per heavy atom. The number of nitrogens with zero attached hydrogens (tertiary/aromatic N) is 1. The van der Waals surface area contributed by atoms with E-state index in [4.69, 9.17) is 10.8 Å². The number of hydrogen-bond donors (Lipinski definition) is 3. The minimum absolute atomic E-state index is 0.0766. The molecule has 7 heteroatoms. The summed E-state index contributed by atoms with van der Waals surface area (Å²) in [5.74, 6) is -1.06. The van der Waals surface area contributed by atoms with Crippen LogP contribution in [0.2, 0.25) is 0 Å². The molecule has 0 aromatic carbocycles. The smallest absolute Gasteiger partial charge is 0.347 e. The van der Waals surface area contributed by atoms with E-state index in [1.807, 2.05) is 6.92 Å². The molecule has 0 saturated heterocycles. The van der Waals surface area contributed by atoms with Crippen LogP contribution in [0.1, 0.15) is 46.6 Å². The van der Waals surface area contributed by atoms with Crippen molar-refractivity contribution in [3.05, 3.63) is 15.6 Å². The molecule has 1 aliphatic carbocycles. The number of nitrogens with one attached hydrogen (secondary N) is 1. The zero-order valence-corrected chi connectivity index (χ0v) is 12.4. The van der Waals surface area contributed by atoms with Crippen molar-refractivity contribution in [3.8, 4) is 0 Å². The van der Waals surface area contributed by atoms with E-state index in [2.05, 4.69) is 10.3 Å². The standard InChI is InChI=1S/C13H19N3O3S/c1-7-10(11(17)18)20-9(16-7)6-15-12(19)13(2)5-3-4-8(13)14/h8H,3-6,14H2,1-2H3,(H,15,19)(H,17,18). The molecule has 1 aromatic rings. The second kappa shape index (κ2) is 5.49. The number of amides is 1. The average Bonchev–Trinajstić information content (AvgIpc) is 2.91. The lowest BCUT2D eigenvalue weighted by molar-refractivity contribution is -0.130. The van der Waals surface area contributed by atoms with Gasteiger partial charge in [-0.3, -0.25) is 4.79 Å². The molecule has 20 heavy (non-hydrogen) atoms. The van der Waals surface area contributed by atoms with Crippen LogP contribution in [0.4, 0.5) is 0 Å². The van der Waals surface area contributed by atoms with Gasteiger partial charge in [0.1, 0.15) is 9.88 Å². The topological polar surface area (TPSA) is 105 Å². The number of aryl methyl sites for hydroxylation is 1. The minimum atomic E-state index is -0.984. The molecule has 1 saturated carbocycles. The van der Waals surface area contributed by atoms with Gasteiger partial charge in [0, 0.05) is 6.04 Å². The van der Waals surface area contributed by atoms with Gasteiger partial charge < -0.3 is 16.2 Å². The largest absolute Gasteiger partial charge is 0.477 e. The fraction of sp³-hybridized carbons (Fsp3) is 0.615. The number of carbonyl (C=O) groups excluding carboxylic acids is 1. The number of thiazole rings is 1. The van der Waals surface area contributed by atoms with Gasteiger partial charge in [-0.25, -0.2) is 9.78 Å². The molecule has 4 N–H and O–H groups in total. The van der Waals surface area contributed by atoms with Crippen LogP contribution in [0.25, 0.3) is 0 Å². The summed E-state index contributed by atoms with van der Waals surface area (Å²) in [5.41, 5.74) is 5.96. The van der Waals surface area contributed by atoms with Crippen LogP contribution < -0.4 is 11.1 Å². The first-order chi connectivity index (χ1) is 9.34. The van der Waals surface area contributed by atoms with Crippen molar-refractivity contribution in [2.75, 3.05) is 0 Å². The van der Waals surface area contributed by atoms with Crippen LogP contribution in [0, 0.1) is 12.3 Å². The van der Waals surface area contributed by atoms with E-state index in [0.29, 0.717) is 10.7 Å². The molecular formula is C13H19N3O3S. The van der Waals surface area contributed by atoms with E-state index in [0.717, 1.165) is 30.6 Å². The third-order valence-corrected chi connectivity index (χ3v) is 5.13. The summed E-state index contributed by atoms with van der Waals surface area (Å²) in [6.07, 6.45) is 2.62. The number of aromatic nitrogens is 1. The van der Waals surface area contributed by atoms with Crippen molar-refractivity contribution < 1.29 is 14.7 Å². The predicted molar refractivity (Wildman–Crippen MR) is 75.6 cm³/mol. The van der Waals surface area contributed by atoms with Crippen LogP contribution >= 0.6 is 11.3 Å². The number of carbonyl (C=O) groups is 2. The lowest BCUT2D eigenvalue weighted by Gasteiger charge is -2.27. The van der Waals surface area contributed by atoms with E-state index >= 15 is 0 Å². The highest BCUT2D eigenvalue weighted by Gasteiger charge is 2.42. The summed E-state index contributed by atoms with van der Waals surface area (Å²) >= 11 is 1.10. The minimum Gasteiger partial charge on any atom is -0.477 e. The molecule has 0 radical (unpaired) electrons. The molecule has 1 fully saturated rings. The summed E-state index contributed by atoms with van der Waals surface area (Å²) in [7, 11) is 0. The highest BCUT2D eigenvalue weighted by atomic mass is 32.1. The number of aromatic carboxylic acids is 1. The van der Waals surface area contributed by atoms with Crippen LogP contribution in [0.15, 0.2) is 0 Å². The van der Waals surface area contributed by atoms with E-state index in [-0.39, 0.29) is 23.4 Å². The average molecular weight is 297 g/mol. The first-order valence-corrected chi connectivity index (χ1v) is 7.39. The van der Waals surface area contributed by atoms with Crippen LogP contribution in [-0.4, -0.2) is 28.0 Å². The molecular weight excluding hydrogens is 278 g/mol. The van der Waals surface area contributed by atoms with Gasteiger partial charge in [-0.05, 0) is 26.7 Å². The van der Waals surface area contributed by atoms with E-state index in [1.54, 1.807) is 6.92 Å². The van der Waals surface area contributed by atoms with Gasteiger partial charge in [0.25, 0.3) is 0 Å². The number of carboxylic acids is 1. The zero-order chi connectivity index (χ0) is 14.9. The third-order valence-electron chi connectivity index (χ3n) is 3.98. The Hall–Kier alpha value is -1.47. The van der Waals surface area contributed by atoms with Gasteiger partial charge in [-0.15, -0.1) is 11.3 Å². The molecule has 6 nitrogen and oxygen atoms in total. The molecule has 1 aromatic heterocycles. The molecule has 0 bridgehead atoms. The maximum absolute atomic E-state index is 12.2. The summed E-state index contributed by atoms with van der Waals surface area (Å²) < 4.78 is 0. The van der Waals surface area contributed by atoms with Crippen molar-refractivity contribution >= 4 is 23.2 Å².